The van der Waals surface area contributed by atoms with Gasteiger partial charge in [-0.1, -0.05) is 50.6 Å². The van der Waals surface area contributed by atoms with Crippen LogP contribution < -0.4 is 5.56 Å². The smallest absolute Gasteiger partial charge is 0.270 e. The van der Waals surface area contributed by atoms with Crippen LogP contribution in [0.2, 0.25) is 0 Å². The van der Waals surface area contributed by atoms with Gasteiger partial charge in [0.1, 0.15) is 5.82 Å². The highest BCUT2D eigenvalue weighted by atomic mass is 32.1. The molecule has 0 bridgehead atoms. The minimum absolute atomic E-state index is 0.0364. The predicted molar refractivity (Wildman–Crippen MR) is 127 cm³/mol. The Hall–Kier alpha value is -3.33. The maximum absolute atomic E-state index is 13.7. The van der Waals surface area contributed by atoms with Crippen LogP contribution in [0.3, 0.4) is 0 Å². The van der Waals surface area contributed by atoms with Crippen LogP contribution in [0.5, 0.6) is 5.88 Å². The molecule has 0 radical (unpaired) electrons. The molecule has 0 spiro atoms. The average Bonchev–Trinajstić information content (AvgIpc) is 3.44. The molecule has 0 saturated heterocycles. The van der Waals surface area contributed by atoms with Gasteiger partial charge in [-0.05, 0) is 25.3 Å². The topological polar surface area (TPSA) is 107 Å². The molecule has 172 valence electrons. The van der Waals surface area contributed by atoms with Gasteiger partial charge in [-0.15, -0.1) is 21.5 Å². The van der Waals surface area contributed by atoms with Gasteiger partial charge < -0.3 is 9.52 Å². The fourth-order valence-electron chi connectivity index (χ4n) is 3.90. The largest absolute Gasteiger partial charge is 0.493 e. The molecule has 0 aliphatic rings. The summed E-state index contributed by atoms with van der Waals surface area (Å²) in [7, 11) is 0. The average molecular weight is 466 g/mol. The minimum atomic E-state index is -0.385. The van der Waals surface area contributed by atoms with Crippen molar-refractivity contribution in [2.75, 3.05) is 0 Å². The molecule has 8 nitrogen and oxygen atoms in total. The second-order valence-corrected chi connectivity index (χ2v) is 8.94. The van der Waals surface area contributed by atoms with Crippen LogP contribution >= 0.6 is 11.3 Å². The van der Waals surface area contributed by atoms with Crippen molar-refractivity contribution in [2.45, 2.75) is 58.9 Å². The Labute approximate surface area is 196 Å². The maximum Gasteiger partial charge on any atom is 0.270 e. The van der Waals surface area contributed by atoms with Gasteiger partial charge >= 0.3 is 0 Å². The summed E-state index contributed by atoms with van der Waals surface area (Å²) in [4.78, 5) is 22.6. The second kappa shape index (κ2) is 10.1. The Bertz CT molecular complexity index is 1280. The van der Waals surface area contributed by atoms with Gasteiger partial charge in [0, 0.05) is 11.8 Å². The molecule has 0 fully saturated rings. The van der Waals surface area contributed by atoms with E-state index in [0.29, 0.717) is 31.0 Å². The first kappa shape index (κ1) is 22.8. The predicted octanol–water partition coefficient (Wildman–Crippen LogP) is 4.70. The van der Waals surface area contributed by atoms with Crippen molar-refractivity contribution in [3.63, 3.8) is 0 Å². The van der Waals surface area contributed by atoms with Gasteiger partial charge in [0.05, 0.1) is 23.2 Å². The van der Waals surface area contributed by atoms with E-state index in [0.717, 1.165) is 29.1 Å². The number of hydrogen-bond donors (Lipinski definition) is 1. The van der Waals surface area contributed by atoms with E-state index in [2.05, 4.69) is 27.1 Å². The quantitative estimate of drug-likeness (QED) is 0.382. The number of aromatic nitrogens is 5. The lowest BCUT2D eigenvalue weighted by Gasteiger charge is -2.23. The third-order valence-corrected chi connectivity index (χ3v) is 6.31. The van der Waals surface area contributed by atoms with Crippen LogP contribution in [0.4, 0.5) is 0 Å². The van der Waals surface area contributed by atoms with Crippen molar-refractivity contribution in [1.29, 1.82) is 0 Å². The normalized spacial score (nSPS) is 12.2. The highest BCUT2D eigenvalue weighted by molar-refractivity contribution is 7.09. The van der Waals surface area contributed by atoms with Crippen LogP contribution in [0, 0.1) is 6.92 Å². The summed E-state index contributed by atoms with van der Waals surface area (Å²) in [5.74, 6) is 0.456. The first-order valence-corrected chi connectivity index (χ1v) is 12.0. The molecule has 0 aliphatic carbocycles. The van der Waals surface area contributed by atoms with E-state index in [-0.39, 0.29) is 28.9 Å². The number of hydrogen-bond acceptors (Lipinski definition) is 8. The van der Waals surface area contributed by atoms with E-state index < -0.39 is 0 Å². The third kappa shape index (κ3) is 4.88. The summed E-state index contributed by atoms with van der Waals surface area (Å²) >= 11 is 1.54. The lowest BCUT2D eigenvalue weighted by atomic mass is 10.0. The fourth-order valence-corrected chi connectivity index (χ4v) is 4.51. The molecule has 4 rings (SSSR count). The molecule has 3 aromatic heterocycles. The van der Waals surface area contributed by atoms with Crippen LogP contribution in [0.15, 0.2) is 44.9 Å². The Kier molecular flexibility index (Phi) is 6.98. The van der Waals surface area contributed by atoms with Gasteiger partial charge in [-0.2, -0.15) is 4.98 Å². The molecule has 1 atom stereocenters. The number of nitrogens with zero attached hydrogens (tertiary/aromatic N) is 5. The van der Waals surface area contributed by atoms with Gasteiger partial charge in [-0.25, -0.2) is 4.98 Å². The lowest BCUT2D eigenvalue weighted by molar-refractivity contribution is 0.425. The molecule has 9 heteroatoms. The number of unbranched alkanes of at least 4 members (excludes halogenated alkanes) is 1. The number of thiazole rings is 1. The van der Waals surface area contributed by atoms with Crippen LogP contribution in [-0.2, 0) is 12.8 Å². The zero-order chi connectivity index (χ0) is 23.4. The zero-order valence-corrected chi connectivity index (χ0v) is 19.8. The lowest BCUT2D eigenvalue weighted by Crippen LogP contribution is -2.31. The Morgan fingerprint density at radius 2 is 1.94 bits per heavy atom. The molecular formula is C24H27N5O3S. The van der Waals surface area contributed by atoms with Crippen molar-refractivity contribution in [3.05, 3.63) is 74.0 Å². The highest BCUT2D eigenvalue weighted by Crippen LogP contribution is 2.28. The standard InChI is InChI=1S/C24H27N5O3S/c1-4-6-12-19-26-22(30)21(23-28-27-20(32-23)13-17-14-33-15(3)25-17)24(31)29(19)18(5-2)16-10-8-7-9-11-16/h7-11,14,18,30H,4-6,12-13H2,1-3H3. The molecule has 33 heavy (non-hydrogen) atoms. The molecule has 0 saturated carbocycles. The maximum atomic E-state index is 13.7. The van der Waals surface area contributed by atoms with Crippen molar-refractivity contribution >= 4 is 11.3 Å². The summed E-state index contributed by atoms with van der Waals surface area (Å²) in [6.45, 7) is 6.03. The van der Waals surface area contributed by atoms with Crippen molar-refractivity contribution < 1.29 is 9.52 Å². The van der Waals surface area contributed by atoms with Crippen molar-refractivity contribution in [2.24, 2.45) is 0 Å². The van der Waals surface area contributed by atoms with E-state index in [4.69, 9.17) is 4.42 Å². The van der Waals surface area contributed by atoms with E-state index in [1.165, 1.54) is 0 Å². The van der Waals surface area contributed by atoms with E-state index in [9.17, 15) is 9.90 Å². The summed E-state index contributed by atoms with van der Waals surface area (Å²) < 4.78 is 7.44. The molecule has 0 aliphatic heterocycles. The van der Waals surface area contributed by atoms with Gasteiger partial charge in [0.25, 0.3) is 11.4 Å². The first-order valence-electron chi connectivity index (χ1n) is 11.1. The SMILES string of the molecule is CCCCc1nc(O)c(-c2nnc(Cc3csc(C)n3)o2)c(=O)n1C(CC)c1ccccc1. The third-order valence-electron chi connectivity index (χ3n) is 5.49. The van der Waals surface area contributed by atoms with Gasteiger partial charge in [0.15, 0.2) is 5.56 Å². The molecule has 3 heterocycles. The number of rotatable bonds is 9. The fraction of sp³-hybridized carbons (Fsp3) is 0.375. The molecule has 4 aromatic rings. The van der Waals surface area contributed by atoms with Crippen molar-refractivity contribution in [1.82, 2.24) is 24.7 Å². The molecule has 1 unspecified atom stereocenters. The Balaban J connectivity index is 1.79. The summed E-state index contributed by atoms with van der Waals surface area (Å²) in [5, 5.41) is 21.7. The monoisotopic (exact) mass is 465 g/mol. The summed E-state index contributed by atoms with van der Waals surface area (Å²) in [6, 6.07) is 9.62. The second-order valence-electron chi connectivity index (χ2n) is 7.88. The zero-order valence-electron chi connectivity index (χ0n) is 19.0. The Morgan fingerprint density at radius 1 is 1.15 bits per heavy atom. The van der Waals surface area contributed by atoms with E-state index in [1.807, 2.05) is 49.6 Å². The first-order chi connectivity index (χ1) is 16.0. The van der Waals surface area contributed by atoms with Gasteiger partial charge in [0.2, 0.25) is 11.8 Å². The van der Waals surface area contributed by atoms with E-state index >= 15 is 0 Å². The number of aryl methyl sites for hydroxylation is 2. The van der Waals surface area contributed by atoms with Crippen LogP contribution in [-0.4, -0.2) is 29.8 Å². The molecule has 1 N–H and O–H groups in total. The van der Waals surface area contributed by atoms with Crippen LogP contribution in [0.25, 0.3) is 11.5 Å². The number of aromatic hydroxyl groups is 1. The van der Waals surface area contributed by atoms with Gasteiger partial charge in [-0.3, -0.25) is 9.36 Å². The Morgan fingerprint density at radius 3 is 2.61 bits per heavy atom. The van der Waals surface area contributed by atoms with Crippen LogP contribution in [0.1, 0.15) is 67.1 Å². The number of benzene rings is 1. The molecular weight excluding hydrogens is 438 g/mol. The molecule has 0 amide bonds. The van der Waals surface area contributed by atoms with Crippen molar-refractivity contribution in [3.8, 4) is 17.3 Å². The molecule has 1 aromatic carbocycles. The summed E-state index contributed by atoms with van der Waals surface area (Å²) in [5.41, 5.74) is 1.36. The highest BCUT2D eigenvalue weighted by Gasteiger charge is 2.26. The van der Waals surface area contributed by atoms with E-state index in [1.54, 1.807) is 15.9 Å². The summed E-state index contributed by atoms with van der Waals surface area (Å²) in [6.07, 6.45) is 3.43. The minimum Gasteiger partial charge on any atom is -0.493 e.